The van der Waals surface area contributed by atoms with Crippen molar-refractivity contribution in [3.8, 4) is 22.8 Å². The van der Waals surface area contributed by atoms with Gasteiger partial charge in [0.25, 0.3) is 0 Å². The maximum absolute atomic E-state index is 13.4. The summed E-state index contributed by atoms with van der Waals surface area (Å²) in [5.41, 5.74) is 7.33. The van der Waals surface area contributed by atoms with Crippen LogP contribution in [0, 0.1) is 5.82 Å². The number of nitrogens with zero attached hydrogens (tertiary/aromatic N) is 1. The first-order valence-electron chi connectivity index (χ1n) is 6.47. The molecule has 0 saturated carbocycles. The third-order valence-electron chi connectivity index (χ3n) is 3.01. The summed E-state index contributed by atoms with van der Waals surface area (Å²) in [5, 5.41) is 0. The average molecular weight is 280 g/mol. The van der Waals surface area contributed by atoms with Crippen LogP contribution in [0.1, 0.15) is 0 Å². The fourth-order valence-electron chi connectivity index (χ4n) is 1.95. The molecule has 0 bridgehead atoms. The molecule has 0 fully saturated rings. The van der Waals surface area contributed by atoms with E-state index in [1.54, 1.807) is 18.3 Å². The minimum atomic E-state index is -0.496. The predicted molar refractivity (Wildman–Crippen MR) is 80.6 cm³/mol. The van der Waals surface area contributed by atoms with Gasteiger partial charge in [0.1, 0.15) is 17.3 Å². The van der Waals surface area contributed by atoms with Crippen molar-refractivity contribution in [3.05, 3.63) is 72.7 Å². The topological polar surface area (TPSA) is 48.1 Å². The summed E-state index contributed by atoms with van der Waals surface area (Å²) >= 11 is 0. The highest BCUT2D eigenvalue weighted by atomic mass is 19.1. The average Bonchev–Trinajstić information content (AvgIpc) is 2.52. The van der Waals surface area contributed by atoms with E-state index in [2.05, 4.69) is 4.98 Å². The lowest BCUT2D eigenvalue weighted by Gasteiger charge is -2.08. The molecule has 0 radical (unpaired) electrons. The van der Waals surface area contributed by atoms with Gasteiger partial charge in [0.2, 0.25) is 0 Å². The highest BCUT2D eigenvalue weighted by Gasteiger charge is 2.04. The number of nitrogens with two attached hydrogens (primary N) is 1. The van der Waals surface area contributed by atoms with Gasteiger partial charge in [-0.25, -0.2) is 4.39 Å². The first kappa shape index (κ1) is 13.1. The van der Waals surface area contributed by atoms with E-state index in [-0.39, 0.29) is 5.69 Å². The summed E-state index contributed by atoms with van der Waals surface area (Å²) < 4.78 is 19.0. The first-order chi connectivity index (χ1) is 10.2. The highest BCUT2D eigenvalue weighted by molar-refractivity contribution is 5.60. The van der Waals surface area contributed by atoms with Gasteiger partial charge >= 0.3 is 0 Å². The van der Waals surface area contributed by atoms with Crippen LogP contribution in [-0.2, 0) is 0 Å². The Hall–Kier alpha value is -2.88. The number of pyridine rings is 1. The molecular formula is C17H13FN2O. The molecule has 0 atom stereocenters. The number of ether oxygens (including phenoxy) is 1. The monoisotopic (exact) mass is 280 g/mol. The van der Waals surface area contributed by atoms with E-state index in [0.29, 0.717) is 11.5 Å². The molecule has 0 spiro atoms. The Morgan fingerprint density at radius 2 is 1.67 bits per heavy atom. The first-order valence-corrected chi connectivity index (χ1v) is 6.47. The van der Waals surface area contributed by atoms with Crippen molar-refractivity contribution in [1.82, 2.24) is 4.98 Å². The van der Waals surface area contributed by atoms with Crippen LogP contribution in [0.25, 0.3) is 11.3 Å². The van der Waals surface area contributed by atoms with Gasteiger partial charge in [-0.1, -0.05) is 30.3 Å². The van der Waals surface area contributed by atoms with Gasteiger partial charge in [0, 0.05) is 23.9 Å². The van der Waals surface area contributed by atoms with Crippen molar-refractivity contribution in [2.75, 3.05) is 5.73 Å². The summed E-state index contributed by atoms with van der Waals surface area (Å²) in [4.78, 5) is 4.31. The summed E-state index contributed by atoms with van der Waals surface area (Å²) in [6, 6.07) is 17.7. The number of rotatable bonds is 3. The van der Waals surface area contributed by atoms with Crippen LogP contribution in [0.3, 0.4) is 0 Å². The number of hydrogen-bond acceptors (Lipinski definition) is 3. The van der Waals surface area contributed by atoms with Crippen LogP contribution in [0.15, 0.2) is 66.9 Å². The van der Waals surface area contributed by atoms with Gasteiger partial charge < -0.3 is 10.5 Å². The Balaban J connectivity index is 1.88. The molecule has 104 valence electrons. The zero-order chi connectivity index (χ0) is 14.7. The van der Waals surface area contributed by atoms with Gasteiger partial charge in [0.05, 0.1) is 11.4 Å². The predicted octanol–water partition coefficient (Wildman–Crippen LogP) is 4.26. The second-order valence-corrected chi connectivity index (χ2v) is 4.53. The van der Waals surface area contributed by atoms with Crippen molar-refractivity contribution < 1.29 is 9.13 Å². The minimum Gasteiger partial charge on any atom is -0.457 e. The highest BCUT2D eigenvalue weighted by Crippen LogP contribution is 2.27. The normalized spacial score (nSPS) is 10.3. The molecule has 3 aromatic rings. The van der Waals surface area contributed by atoms with Crippen LogP contribution in [0.4, 0.5) is 10.1 Å². The van der Waals surface area contributed by atoms with Gasteiger partial charge in [-0.2, -0.15) is 0 Å². The third kappa shape index (κ3) is 3.00. The fraction of sp³-hybridized carbons (Fsp3) is 0. The largest absolute Gasteiger partial charge is 0.457 e. The second kappa shape index (κ2) is 5.63. The lowest BCUT2D eigenvalue weighted by Crippen LogP contribution is -1.92. The smallest absolute Gasteiger partial charge is 0.149 e. The Kier molecular flexibility index (Phi) is 3.51. The maximum Gasteiger partial charge on any atom is 0.149 e. The zero-order valence-corrected chi connectivity index (χ0v) is 11.2. The molecule has 0 aliphatic rings. The minimum absolute atomic E-state index is 0.0991. The molecule has 0 amide bonds. The Bertz CT molecular complexity index is 760. The van der Waals surface area contributed by atoms with E-state index >= 15 is 0 Å². The van der Waals surface area contributed by atoms with Crippen LogP contribution in [0.5, 0.6) is 11.5 Å². The molecule has 3 nitrogen and oxygen atoms in total. The Morgan fingerprint density at radius 1 is 0.905 bits per heavy atom. The molecule has 0 aliphatic heterocycles. The van der Waals surface area contributed by atoms with Gasteiger partial charge in [-0.15, -0.1) is 0 Å². The molecule has 4 heteroatoms. The van der Waals surface area contributed by atoms with Crippen molar-refractivity contribution >= 4 is 5.69 Å². The molecule has 3 rings (SSSR count). The quantitative estimate of drug-likeness (QED) is 0.729. The van der Waals surface area contributed by atoms with Crippen LogP contribution in [0.2, 0.25) is 0 Å². The SMILES string of the molecule is Nc1ccc(Oc2ccnc(-c3ccccc3)c2)cc1F. The molecule has 2 aromatic carbocycles. The molecule has 2 N–H and O–H groups in total. The number of nitrogen functional groups attached to an aromatic ring is 1. The number of halogens is 1. The summed E-state index contributed by atoms with van der Waals surface area (Å²) in [6.07, 6.45) is 1.66. The number of benzene rings is 2. The van der Waals surface area contributed by atoms with Crippen molar-refractivity contribution in [3.63, 3.8) is 0 Å². The number of aromatic nitrogens is 1. The third-order valence-corrected chi connectivity index (χ3v) is 3.01. The molecule has 21 heavy (non-hydrogen) atoms. The molecule has 1 aromatic heterocycles. The van der Waals surface area contributed by atoms with Crippen LogP contribution >= 0.6 is 0 Å². The van der Waals surface area contributed by atoms with E-state index < -0.39 is 5.82 Å². The molecule has 0 aliphatic carbocycles. The van der Waals surface area contributed by atoms with E-state index in [0.717, 1.165) is 11.3 Å². The van der Waals surface area contributed by atoms with E-state index in [1.807, 2.05) is 36.4 Å². The van der Waals surface area contributed by atoms with Crippen LogP contribution < -0.4 is 10.5 Å². The van der Waals surface area contributed by atoms with Gasteiger partial charge in [-0.05, 0) is 18.2 Å². The molecule has 0 unspecified atom stereocenters. The van der Waals surface area contributed by atoms with E-state index in [1.165, 1.54) is 12.1 Å². The lowest BCUT2D eigenvalue weighted by molar-refractivity contribution is 0.477. The summed E-state index contributed by atoms with van der Waals surface area (Å²) in [7, 11) is 0. The zero-order valence-electron chi connectivity index (χ0n) is 11.2. The second-order valence-electron chi connectivity index (χ2n) is 4.53. The van der Waals surface area contributed by atoms with Gasteiger partial charge in [0.15, 0.2) is 0 Å². The lowest BCUT2D eigenvalue weighted by atomic mass is 10.1. The van der Waals surface area contributed by atoms with E-state index in [9.17, 15) is 4.39 Å². The Morgan fingerprint density at radius 3 is 2.43 bits per heavy atom. The number of hydrogen-bond donors (Lipinski definition) is 1. The van der Waals surface area contributed by atoms with E-state index in [4.69, 9.17) is 10.5 Å². The molecule has 0 saturated heterocycles. The van der Waals surface area contributed by atoms with Crippen molar-refractivity contribution in [2.24, 2.45) is 0 Å². The number of anilines is 1. The van der Waals surface area contributed by atoms with Gasteiger partial charge in [-0.3, -0.25) is 4.98 Å². The maximum atomic E-state index is 13.4. The van der Waals surface area contributed by atoms with Crippen molar-refractivity contribution in [1.29, 1.82) is 0 Å². The van der Waals surface area contributed by atoms with Crippen molar-refractivity contribution in [2.45, 2.75) is 0 Å². The summed E-state index contributed by atoms with van der Waals surface area (Å²) in [6.45, 7) is 0. The Labute approximate surface area is 121 Å². The fourth-order valence-corrected chi connectivity index (χ4v) is 1.95. The summed E-state index contributed by atoms with van der Waals surface area (Å²) in [5.74, 6) is 0.491. The molecular weight excluding hydrogens is 267 g/mol. The standard InChI is InChI=1S/C17H13FN2O/c18-15-10-13(6-7-16(15)19)21-14-8-9-20-17(11-14)12-4-2-1-3-5-12/h1-11H,19H2. The van der Waals surface area contributed by atoms with Crippen LogP contribution in [-0.4, -0.2) is 4.98 Å². The molecule has 1 heterocycles.